The third kappa shape index (κ3) is 4.87. The van der Waals surface area contributed by atoms with Gasteiger partial charge in [0.15, 0.2) is 0 Å². The summed E-state index contributed by atoms with van der Waals surface area (Å²) < 4.78 is 5.13. The van der Waals surface area contributed by atoms with Crippen molar-refractivity contribution in [1.82, 2.24) is 0 Å². The van der Waals surface area contributed by atoms with Crippen molar-refractivity contribution in [2.45, 2.75) is 27.2 Å². The molecule has 0 bridgehead atoms. The fourth-order valence-corrected chi connectivity index (χ4v) is 3.90. The van der Waals surface area contributed by atoms with Crippen LogP contribution in [-0.4, -0.2) is 18.5 Å². The van der Waals surface area contributed by atoms with Crippen LogP contribution in [0.1, 0.15) is 40.2 Å². The number of carbonyl (C=O) groups is 2. The third-order valence-electron chi connectivity index (χ3n) is 3.65. The summed E-state index contributed by atoms with van der Waals surface area (Å²) in [7, 11) is 0. The minimum absolute atomic E-state index is 0.279. The minimum Gasteiger partial charge on any atom is -0.462 e. The Kier molecular flexibility index (Phi) is 7.26. The first-order chi connectivity index (χ1) is 12.4. The number of aryl methyl sites for hydroxylation is 1. The SMILES string of the molecule is CCOC(=O)c1c(NC(=O)C=Cc2ccc(Cl)c(Cl)c2)sc(C)c1CC. The van der Waals surface area contributed by atoms with Crippen LogP contribution in [0.15, 0.2) is 24.3 Å². The standard InChI is InChI=1S/C19H19Cl2NO3S/c1-4-13-11(3)26-18(17(13)19(24)25-5-2)22-16(23)9-7-12-6-8-14(20)15(21)10-12/h6-10H,4-5H2,1-3H3,(H,22,23). The van der Waals surface area contributed by atoms with Crippen LogP contribution in [0.25, 0.3) is 6.08 Å². The van der Waals surface area contributed by atoms with E-state index in [2.05, 4.69) is 5.32 Å². The molecule has 7 heteroatoms. The Hall–Kier alpha value is -1.82. The lowest BCUT2D eigenvalue weighted by Crippen LogP contribution is -2.13. The summed E-state index contributed by atoms with van der Waals surface area (Å²) in [6.07, 6.45) is 3.70. The minimum atomic E-state index is -0.419. The Morgan fingerprint density at radius 3 is 2.58 bits per heavy atom. The number of hydrogen-bond acceptors (Lipinski definition) is 4. The van der Waals surface area contributed by atoms with Crippen LogP contribution in [0, 0.1) is 6.92 Å². The summed E-state index contributed by atoms with van der Waals surface area (Å²) in [4.78, 5) is 25.5. The maximum atomic E-state index is 12.3. The lowest BCUT2D eigenvalue weighted by atomic mass is 10.1. The van der Waals surface area contributed by atoms with Gasteiger partial charge in [-0.3, -0.25) is 4.79 Å². The third-order valence-corrected chi connectivity index (χ3v) is 5.45. The van der Waals surface area contributed by atoms with Gasteiger partial charge in [-0.05, 0) is 49.6 Å². The van der Waals surface area contributed by atoms with E-state index in [0.717, 1.165) is 16.0 Å². The van der Waals surface area contributed by atoms with Crippen LogP contribution < -0.4 is 5.32 Å². The summed E-state index contributed by atoms with van der Waals surface area (Å²) in [6, 6.07) is 5.09. The molecule has 0 saturated heterocycles. The topological polar surface area (TPSA) is 55.4 Å². The Balaban J connectivity index is 2.21. The van der Waals surface area contributed by atoms with Crippen LogP contribution in [0.4, 0.5) is 5.00 Å². The molecule has 1 heterocycles. The molecule has 4 nitrogen and oxygen atoms in total. The molecule has 0 unspecified atom stereocenters. The number of carbonyl (C=O) groups excluding carboxylic acids is 2. The zero-order valence-electron chi connectivity index (χ0n) is 14.7. The second-order valence-electron chi connectivity index (χ2n) is 5.41. The second-order valence-corrected chi connectivity index (χ2v) is 7.45. The molecule has 0 saturated carbocycles. The molecule has 2 aromatic rings. The van der Waals surface area contributed by atoms with Crippen LogP contribution >= 0.6 is 34.5 Å². The Morgan fingerprint density at radius 1 is 1.23 bits per heavy atom. The molecule has 1 aromatic heterocycles. The number of anilines is 1. The number of amides is 1. The van der Waals surface area contributed by atoms with Gasteiger partial charge in [-0.15, -0.1) is 11.3 Å². The van der Waals surface area contributed by atoms with Gasteiger partial charge in [0.25, 0.3) is 0 Å². The van der Waals surface area contributed by atoms with Gasteiger partial charge in [0.1, 0.15) is 5.00 Å². The predicted octanol–water partition coefficient (Wildman–Crippen LogP) is 5.75. The summed E-state index contributed by atoms with van der Waals surface area (Å²) in [6.45, 7) is 5.92. The first-order valence-corrected chi connectivity index (χ1v) is 9.68. The molecular weight excluding hydrogens is 393 g/mol. The van der Waals surface area contributed by atoms with Crippen molar-refractivity contribution in [3.05, 3.63) is 55.9 Å². The Bertz CT molecular complexity index is 859. The molecule has 0 spiro atoms. The lowest BCUT2D eigenvalue weighted by molar-refractivity contribution is -0.111. The average molecular weight is 412 g/mol. The van der Waals surface area contributed by atoms with Crippen molar-refractivity contribution >= 4 is 57.5 Å². The Morgan fingerprint density at radius 2 is 1.96 bits per heavy atom. The molecule has 1 N–H and O–H groups in total. The van der Waals surface area contributed by atoms with E-state index in [1.165, 1.54) is 17.4 Å². The number of thiophene rings is 1. The summed E-state index contributed by atoms with van der Waals surface area (Å²) >= 11 is 13.2. The molecule has 1 aromatic carbocycles. The number of rotatable bonds is 6. The second kappa shape index (κ2) is 9.21. The number of nitrogens with one attached hydrogen (secondary N) is 1. The van der Waals surface area contributed by atoms with E-state index in [4.69, 9.17) is 27.9 Å². The smallest absolute Gasteiger partial charge is 0.341 e. The largest absolute Gasteiger partial charge is 0.462 e. The van der Waals surface area contributed by atoms with E-state index in [-0.39, 0.29) is 12.5 Å². The zero-order valence-corrected chi connectivity index (χ0v) is 17.0. The first-order valence-electron chi connectivity index (χ1n) is 8.10. The summed E-state index contributed by atoms with van der Waals surface area (Å²) in [5.41, 5.74) is 2.09. The molecule has 26 heavy (non-hydrogen) atoms. The van der Waals surface area contributed by atoms with E-state index in [0.29, 0.717) is 27.0 Å². The first kappa shape index (κ1) is 20.5. The van der Waals surface area contributed by atoms with E-state index in [9.17, 15) is 9.59 Å². The maximum absolute atomic E-state index is 12.3. The molecule has 138 valence electrons. The highest BCUT2D eigenvalue weighted by molar-refractivity contribution is 7.16. The number of ether oxygens (including phenoxy) is 1. The molecule has 0 aliphatic carbocycles. The fourth-order valence-electron chi connectivity index (χ4n) is 2.45. The average Bonchev–Trinajstić information content (AvgIpc) is 2.91. The van der Waals surface area contributed by atoms with Gasteiger partial charge in [-0.2, -0.15) is 0 Å². The fraction of sp³-hybridized carbons (Fsp3) is 0.263. The van der Waals surface area contributed by atoms with Crippen molar-refractivity contribution < 1.29 is 14.3 Å². The molecule has 0 radical (unpaired) electrons. The van der Waals surface area contributed by atoms with Crippen molar-refractivity contribution in [3.8, 4) is 0 Å². The number of benzene rings is 1. The van der Waals surface area contributed by atoms with Gasteiger partial charge in [-0.1, -0.05) is 36.2 Å². The highest BCUT2D eigenvalue weighted by atomic mass is 35.5. The molecule has 0 atom stereocenters. The van der Waals surface area contributed by atoms with Crippen molar-refractivity contribution in [1.29, 1.82) is 0 Å². The molecule has 0 aliphatic heterocycles. The lowest BCUT2D eigenvalue weighted by Gasteiger charge is -2.06. The van der Waals surface area contributed by atoms with Crippen LogP contribution in [0.5, 0.6) is 0 Å². The van der Waals surface area contributed by atoms with Crippen LogP contribution in [0.2, 0.25) is 10.0 Å². The molecule has 0 aliphatic rings. The highest BCUT2D eigenvalue weighted by Crippen LogP contribution is 2.34. The molecule has 0 fully saturated rings. The molecular formula is C19H19Cl2NO3S. The zero-order chi connectivity index (χ0) is 19.3. The van der Waals surface area contributed by atoms with Crippen molar-refractivity contribution in [3.63, 3.8) is 0 Å². The van der Waals surface area contributed by atoms with Gasteiger partial charge in [0.05, 0.1) is 22.2 Å². The van der Waals surface area contributed by atoms with Gasteiger partial charge in [0.2, 0.25) is 5.91 Å². The molecule has 2 rings (SSSR count). The quantitative estimate of drug-likeness (QED) is 0.485. The van der Waals surface area contributed by atoms with Crippen LogP contribution in [-0.2, 0) is 16.0 Å². The number of esters is 1. The number of hydrogen-bond donors (Lipinski definition) is 1. The van der Waals surface area contributed by atoms with E-state index in [1.54, 1.807) is 31.2 Å². The maximum Gasteiger partial charge on any atom is 0.341 e. The summed E-state index contributed by atoms with van der Waals surface area (Å²) in [5, 5.41) is 4.15. The predicted molar refractivity (Wildman–Crippen MR) is 109 cm³/mol. The van der Waals surface area contributed by atoms with Crippen molar-refractivity contribution in [2.75, 3.05) is 11.9 Å². The normalized spacial score (nSPS) is 11.0. The van der Waals surface area contributed by atoms with Gasteiger partial charge < -0.3 is 10.1 Å². The molecule has 1 amide bonds. The Labute approximate surface area is 166 Å². The van der Waals surface area contributed by atoms with Gasteiger partial charge in [0, 0.05) is 11.0 Å². The van der Waals surface area contributed by atoms with E-state index >= 15 is 0 Å². The van der Waals surface area contributed by atoms with Gasteiger partial charge >= 0.3 is 5.97 Å². The highest BCUT2D eigenvalue weighted by Gasteiger charge is 2.22. The summed E-state index contributed by atoms with van der Waals surface area (Å²) in [5.74, 6) is -0.761. The van der Waals surface area contributed by atoms with Crippen LogP contribution in [0.3, 0.4) is 0 Å². The van der Waals surface area contributed by atoms with E-state index < -0.39 is 5.97 Å². The van der Waals surface area contributed by atoms with E-state index in [1.807, 2.05) is 13.8 Å². The van der Waals surface area contributed by atoms with Gasteiger partial charge in [-0.25, -0.2) is 4.79 Å². The monoisotopic (exact) mass is 411 g/mol. The van der Waals surface area contributed by atoms with Crippen molar-refractivity contribution in [2.24, 2.45) is 0 Å². The number of halogens is 2.